The number of benzene rings is 1. The number of aryl methyl sites for hydroxylation is 2. The summed E-state index contributed by atoms with van der Waals surface area (Å²) in [7, 11) is 0. The molecule has 0 N–H and O–H groups in total. The maximum Gasteiger partial charge on any atom is 0.340 e. The van der Waals surface area contributed by atoms with Gasteiger partial charge >= 0.3 is 5.97 Å². The standard InChI is InChI=1S/C16H22O3/c1-4-14-8-5-11(2)9-15(14)19-16(17)12(3)18-10-13-6-7-13/h5,8-9,12-13H,4,6-7,10H2,1-3H3/t12-/m1/s1. The molecule has 0 aliphatic heterocycles. The first-order valence-corrected chi connectivity index (χ1v) is 7.03. The molecule has 1 saturated carbocycles. The Bertz CT molecular complexity index is 449. The molecule has 2 rings (SSSR count). The van der Waals surface area contributed by atoms with Crippen LogP contribution in [0.3, 0.4) is 0 Å². The molecule has 1 aliphatic rings. The zero-order valence-corrected chi connectivity index (χ0v) is 11.9. The Morgan fingerprint density at radius 2 is 2.16 bits per heavy atom. The molecule has 0 saturated heterocycles. The van der Waals surface area contributed by atoms with Gasteiger partial charge in [-0.15, -0.1) is 0 Å². The van der Waals surface area contributed by atoms with Crippen molar-refractivity contribution in [3.63, 3.8) is 0 Å². The van der Waals surface area contributed by atoms with Crippen LogP contribution in [0, 0.1) is 12.8 Å². The average Bonchev–Trinajstić information content (AvgIpc) is 3.20. The molecule has 0 heterocycles. The summed E-state index contributed by atoms with van der Waals surface area (Å²) in [4.78, 5) is 12.0. The molecule has 1 atom stereocenters. The molecule has 1 aromatic carbocycles. The van der Waals surface area contributed by atoms with E-state index in [4.69, 9.17) is 9.47 Å². The van der Waals surface area contributed by atoms with Gasteiger partial charge in [0.2, 0.25) is 0 Å². The molecule has 19 heavy (non-hydrogen) atoms. The van der Waals surface area contributed by atoms with E-state index in [0.29, 0.717) is 18.3 Å². The van der Waals surface area contributed by atoms with Crippen molar-refractivity contribution < 1.29 is 14.3 Å². The third kappa shape index (κ3) is 4.06. The predicted octanol–water partition coefficient (Wildman–Crippen LogP) is 3.28. The van der Waals surface area contributed by atoms with Gasteiger partial charge in [0.25, 0.3) is 0 Å². The van der Waals surface area contributed by atoms with E-state index >= 15 is 0 Å². The predicted molar refractivity (Wildman–Crippen MR) is 74.3 cm³/mol. The van der Waals surface area contributed by atoms with E-state index in [1.54, 1.807) is 6.92 Å². The van der Waals surface area contributed by atoms with Gasteiger partial charge < -0.3 is 9.47 Å². The van der Waals surface area contributed by atoms with Crippen molar-refractivity contribution in [2.75, 3.05) is 6.61 Å². The maximum atomic E-state index is 12.0. The van der Waals surface area contributed by atoms with Crippen molar-refractivity contribution in [3.05, 3.63) is 29.3 Å². The lowest BCUT2D eigenvalue weighted by atomic mass is 10.1. The Hall–Kier alpha value is -1.35. The summed E-state index contributed by atoms with van der Waals surface area (Å²) in [5.74, 6) is 1.01. The van der Waals surface area contributed by atoms with Gasteiger partial charge in [0.05, 0.1) is 6.61 Å². The van der Waals surface area contributed by atoms with E-state index in [-0.39, 0.29) is 5.97 Å². The molecule has 104 valence electrons. The number of esters is 1. The van der Waals surface area contributed by atoms with Crippen LogP contribution in [0.15, 0.2) is 18.2 Å². The summed E-state index contributed by atoms with van der Waals surface area (Å²) in [6, 6.07) is 5.95. The highest BCUT2D eigenvalue weighted by Gasteiger charge is 2.25. The van der Waals surface area contributed by atoms with Crippen LogP contribution in [0.5, 0.6) is 5.75 Å². The fourth-order valence-electron chi connectivity index (χ4n) is 1.87. The van der Waals surface area contributed by atoms with Crippen molar-refractivity contribution in [1.29, 1.82) is 0 Å². The second-order valence-electron chi connectivity index (χ2n) is 5.30. The first kappa shape index (κ1) is 14.1. The molecule has 3 nitrogen and oxygen atoms in total. The van der Waals surface area contributed by atoms with Crippen LogP contribution < -0.4 is 4.74 Å². The lowest BCUT2D eigenvalue weighted by Gasteiger charge is -2.14. The van der Waals surface area contributed by atoms with Crippen molar-refractivity contribution in [2.45, 2.75) is 46.1 Å². The molecule has 0 amide bonds. The molecular weight excluding hydrogens is 240 g/mol. The highest BCUT2D eigenvalue weighted by Crippen LogP contribution is 2.29. The third-order valence-corrected chi connectivity index (χ3v) is 3.42. The van der Waals surface area contributed by atoms with Gasteiger partial charge in [-0.1, -0.05) is 19.1 Å². The molecule has 0 radical (unpaired) electrons. The lowest BCUT2D eigenvalue weighted by molar-refractivity contribution is -0.146. The maximum absolute atomic E-state index is 12.0. The third-order valence-electron chi connectivity index (χ3n) is 3.42. The van der Waals surface area contributed by atoms with Crippen LogP contribution in [0.4, 0.5) is 0 Å². The zero-order valence-electron chi connectivity index (χ0n) is 11.9. The van der Waals surface area contributed by atoms with Gasteiger partial charge in [-0.3, -0.25) is 0 Å². The normalized spacial score (nSPS) is 16.2. The lowest BCUT2D eigenvalue weighted by Crippen LogP contribution is -2.27. The van der Waals surface area contributed by atoms with E-state index < -0.39 is 6.10 Å². The first-order chi connectivity index (χ1) is 9.10. The first-order valence-electron chi connectivity index (χ1n) is 7.03. The number of ether oxygens (including phenoxy) is 2. The second kappa shape index (κ2) is 6.20. The quantitative estimate of drug-likeness (QED) is 0.583. The largest absolute Gasteiger partial charge is 0.424 e. The highest BCUT2D eigenvalue weighted by atomic mass is 16.6. The van der Waals surface area contributed by atoms with E-state index in [1.807, 2.05) is 25.1 Å². The Kier molecular flexibility index (Phi) is 4.59. The SMILES string of the molecule is CCc1ccc(C)cc1OC(=O)[C@@H](C)OCC1CC1. The zero-order chi connectivity index (χ0) is 13.8. The van der Waals surface area contributed by atoms with E-state index in [2.05, 4.69) is 6.92 Å². The number of hydrogen-bond acceptors (Lipinski definition) is 3. The molecule has 0 unspecified atom stereocenters. The topological polar surface area (TPSA) is 35.5 Å². The highest BCUT2D eigenvalue weighted by molar-refractivity contribution is 5.77. The van der Waals surface area contributed by atoms with Gasteiger partial charge in [-0.25, -0.2) is 4.79 Å². The van der Waals surface area contributed by atoms with Gasteiger partial charge in [-0.2, -0.15) is 0 Å². The smallest absolute Gasteiger partial charge is 0.340 e. The average molecular weight is 262 g/mol. The summed E-state index contributed by atoms with van der Waals surface area (Å²) >= 11 is 0. The molecule has 0 bridgehead atoms. The van der Waals surface area contributed by atoms with Crippen LogP contribution in [0.1, 0.15) is 37.8 Å². The fraction of sp³-hybridized carbons (Fsp3) is 0.562. The van der Waals surface area contributed by atoms with Crippen LogP contribution in [-0.4, -0.2) is 18.7 Å². The van der Waals surface area contributed by atoms with Gasteiger partial charge in [0.1, 0.15) is 5.75 Å². The molecule has 1 aromatic rings. The van der Waals surface area contributed by atoms with Crippen LogP contribution in [0.25, 0.3) is 0 Å². The monoisotopic (exact) mass is 262 g/mol. The second-order valence-corrected chi connectivity index (χ2v) is 5.30. The minimum Gasteiger partial charge on any atom is -0.424 e. The number of carbonyl (C=O) groups excluding carboxylic acids is 1. The molecule has 0 aromatic heterocycles. The summed E-state index contributed by atoms with van der Waals surface area (Å²) in [5.41, 5.74) is 2.14. The molecule has 1 aliphatic carbocycles. The van der Waals surface area contributed by atoms with E-state index in [1.165, 1.54) is 12.8 Å². The van der Waals surface area contributed by atoms with Crippen molar-refractivity contribution in [1.82, 2.24) is 0 Å². The molecule has 1 fully saturated rings. The Morgan fingerprint density at radius 3 is 2.79 bits per heavy atom. The molecular formula is C16H22O3. The van der Waals surface area contributed by atoms with Crippen molar-refractivity contribution >= 4 is 5.97 Å². The molecule has 3 heteroatoms. The minimum absolute atomic E-state index is 0.305. The number of rotatable bonds is 6. The van der Waals surface area contributed by atoms with E-state index in [0.717, 1.165) is 17.5 Å². The van der Waals surface area contributed by atoms with E-state index in [9.17, 15) is 4.79 Å². The summed E-state index contributed by atoms with van der Waals surface area (Å²) in [6.07, 6.45) is 2.80. The fourth-order valence-corrected chi connectivity index (χ4v) is 1.87. The minimum atomic E-state index is -0.495. The Labute approximate surface area is 114 Å². The Balaban J connectivity index is 1.94. The number of hydrogen-bond donors (Lipinski definition) is 0. The number of carbonyl (C=O) groups is 1. The Morgan fingerprint density at radius 1 is 1.42 bits per heavy atom. The van der Waals surface area contributed by atoms with Crippen LogP contribution >= 0.6 is 0 Å². The van der Waals surface area contributed by atoms with Gasteiger partial charge in [0, 0.05) is 0 Å². The van der Waals surface area contributed by atoms with Gasteiger partial charge in [0.15, 0.2) is 6.10 Å². The summed E-state index contributed by atoms with van der Waals surface area (Å²) in [6.45, 7) is 6.47. The van der Waals surface area contributed by atoms with Crippen molar-refractivity contribution in [2.24, 2.45) is 5.92 Å². The van der Waals surface area contributed by atoms with Crippen molar-refractivity contribution in [3.8, 4) is 5.75 Å². The van der Waals surface area contributed by atoms with Crippen LogP contribution in [0.2, 0.25) is 0 Å². The summed E-state index contributed by atoms with van der Waals surface area (Å²) < 4.78 is 11.0. The van der Waals surface area contributed by atoms with Gasteiger partial charge in [-0.05, 0) is 56.2 Å². The summed E-state index contributed by atoms with van der Waals surface area (Å²) in [5, 5.41) is 0. The van der Waals surface area contributed by atoms with Crippen LogP contribution in [-0.2, 0) is 16.0 Å². The molecule has 0 spiro atoms.